The van der Waals surface area contributed by atoms with E-state index in [9.17, 15) is 14.0 Å². The smallest absolute Gasteiger partial charge is 0.338 e. The molecule has 0 fully saturated rings. The van der Waals surface area contributed by atoms with E-state index in [1.165, 1.54) is 28.0 Å². The van der Waals surface area contributed by atoms with Crippen LogP contribution in [0.15, 0.2) is 69.6 Å². The molecular formula is C24H22FN3O4S. The van der Waals surface area contributed by atoms with Gasteiger partial charge in [-0.2, -0.15) is 0 Å². The number of allylic oxidation sites excluding steroid dienone is 1. The molecule has 7 nitrogen and oxygen atoms in total. The molecule has 3 aromatic rings. The Bertz CT molecular complexity index is 1410. The van der Waals surface area contributed by atoms with Gasteiger partial charge in [-0.1, -0.05) is 23.5 Å². The topological polar surface area (TPSA) is 81.9 Å². The van der Waals surface area contributed by atoms with Gasteiger partial charge in [-0.15, -0.1) is 0 Å². The number of aromatic nitrogens is 1. The average Bonchev–Trinajstić information content (AvgIpc) is 3.12. The number of nitrogens with zero attached hydrogens (tertiary/aromatic N) is 2. The fourth-order valence-electron chi connectivity index (χ4n) is 3.61. The van der Waals surface area contributed by atoms with Gasteiger partial charge in [0.2, 0.25) is 0 Å². The van der Waals surface area contributed by atoms with Crippen molar-refractivity contribution in [3.8, 4) is 5.75 Å². The number of methoxy groups -OCH3 is 1. The third-order valence-corrected chi connectivity index (χ3v) is 6.12. The van der Waals surface area contributed by atoms with Crippen LogP contribution in [0, 0.1) is 5.82 Å². The van der Waals surface area contributed by atoms with Gasteiger partial charge in [0.15, 0.2) is 4.80 Å². The Morgan fingerprint density at radius 3 is 2.73 bits per heavy atom. The monoisotopic (exact) mass is 467 g/mol. The van der Waals surface area contributed by atoms with E-state index in [4.69, 9.17) is 9.47 Å². The first-order chi connectivity index (χ1) is 15.9. The number of hydrogen-bond acceptors (Lipinski definition) is 7. The molecule has 0 spiro atoms. The maximum atomic E-state index is 13.4. The van der Waals surface area contributed by atoms with Crippen LogP contribution in [0.1, 0.15) is 25.5 Å². The molecule has 0 radical (unpaired) electrons. The van der Waals surface area contributed by atoms with E-state index in [2.05, 4.69) is 10.3 Å². The Labute approximate surface area is 193 Å². The first-order valence-corrected chi connectivity index (χ1v) is 11.1. The van der Waals surface area contributed by atoms with Crippen LogP contribution in [0.4, 0.5) is 10.1 Å². The van der Waals surface area contributed by atoms with Crippen molar-refractivity contribution in [1.82, 2.24) is 4.57 Å². The van der Waals surface area contributed by atoms with Crippen molar-refractivity contribution < 1.29 is 18.7 Å². The zero-order valence-corrected chi connectivity index (χ0v) is 19.1. The van der Waals surface area contributed by atoms with Crippen LogP contribution in [0.5, 0.6) is 5.75 Å². The first kappa shape index (κ1) is 22.5. The molecule has 0 unspecified atom stereocenters. The number of carbonyl (C=O) groups is 1. The van der Waals surface area contributed by atoms with Gasteiger partial charge < -0.3 is 14.8 Å². The third-order valence-electron chi connectivity index (χ3n) is 5.14. The lowest BCUT2D eigenvalue weighted by Gasteiger charge is -2.24. The molecule has 0 saturated heterocycles. The molecule has 0 saturated carbocycles. The molecule has 1 atom stereocenters. The number of fused-ring (bicyclic) bond motifs is 1. The van der Waals surface area contributed by atoms with Crippen LogP contribution in [0.25, 0.3) is 6.20 Å². The van der Waals surface area contributed by atoms with E-state index in [0.29, 0.717) is 37.6 Å². The van der Waals surface area contributed by atoms with Crippen molar-refractivity contribution in [2.75, 3.05) is 19.0 Å². The summed E-state index contributed by atoms with van der Waals surface area (Å²) in [7, 11) is 1.55. The second-order valence-electron chi connectivity index (χ2n) is 7.23. The lowest BCUT2D eigenvalue weighted by atomic mass is 9.95. The molecule has 170 valence electrons. The number of benzene rings is 2. The molecule has 0 aliphatic carbocycles. The Morgan fingerprint density at radius 1 is 1.27 bits per heavy atom. The number of ether oxygens (including phenoxy) is 2. The van der Waals surface area contributed by atoms with Gasteiger partial charge in [0.25, 0.3) is 5.56 Å². The minimum Gasteiger partial charge on any atom is -0.497 e. The van der Waals surface area contributed by atoms with Gasteiger partial charge in [-0.3, -0.25) is 9.36 Å². The molecule has 1 aromatic heterocycles. The summed E-state index contributed by atoms with van der Waals surface area (Å²) in [6, 6.07) is 12.3. The highest BCUT2D eigenvalue weighted by molar-refractivity contribution is 7.07. The van der Waals surface area contributed by atoms with Crippen molar-refractivity contribution in [2.45, 2.75) is 19.9 Å². The van der Waals surface area contributed by atoms with E-state index >= 15 is 0 Å². The third kappa shape index (κ3) is 4.45. The van der Waals surface area contributed by atoms with Gasteiger partial charge in [0.1, 0.15) is 16.1 Å². The molecule has 1 aliphatic heterocycles. The number of hydrogen-bond donors (Lipinski definition) is 1. The molecule has 1 N–H and O–H groups in total. The predicted octanol–water partition coefficient (Wildman–Crippen LogP) is 2.97. The summed E-state index contributed by atoms with van der Waals surface area (Å²) in [5, 5.41) is 3.01. The van der Waals surface area contributed by atoms with Crippen molar-refractivity contribution in [3.05, 3.63) is 90.9 Å². The van der Waals surface area contributed by atoms with E-state index in [1.807, 2.05) is 6.07 Å². The van der Waals surface area contributed by atoms with Crippen LogP contribution in [-0.4, -0.2) is 24.3 Å². The summed E-state index contributed by atoms with van der Waals surface area (Å²) in [6.45, 7) is 3.66. The van der Waals surface area contributed by atoms with Gasteiger partial charge in [-0.25, -0.2) is 14.2 Å². The highest BCUT2D eigenvalue weighted by atomic mass is 32.1. The molecule has 33 heavy (non-hydrogen) atoms. The summed E-state index contributed by atoms with van der Waals surface area (Å²) in [5.74, 6) is -0.268. The van der Waals surface area contributed by atoms with Crippen LogP contribution in [0.3, 0.4) is 0 Å². The Kier molecular flexibility index (Phi) is 6.41. The summed E-state index contributed by atoms with van der Waals surface area (Å²) >= 11 is 1.20. The second-order valence-corrected chi connectivity index (χ2v) is 8.24. The fraction of sp³-hybridized carbons (Fsp3) is 0.208. The van der Waals surface area contributed by atoms with Crippen LogP contribution in [-0.2, 0) is 9.53 Å². The predicted molar refractivity (Wildman–Crippen MR) is 124 cm³/mol. The summed E-state index contributed by atoms with van der Waals surface area (Å²) in [5.41, 5.74) is 1.81. The van der Waals surface area contributed by atoms with E-state index in [0.717, 1.165) is 0 Å². The Morgan fingerprint density at radius 2 is 2.03 bits per heavy atom. The molecule has 2 heterocycles. The minimum absolute atomic E-state index is 0.201. The van der Waals surface area contributed by atoms with E-state index < -0.39 is 12.0 Å². The molecule has 1 aliphatic rings. The summed E-state index contributed by atoms with van der Waals surface area (Å²) in [4.78, 5) is 31.3. The fourth-order valence-corrected chi connectivity index (χ4v) is 4.58. The van der Waals surface area contributed by atoms with Crippen LogP contribution in [0.2, 0.25) is 0 Å². The minimum atomic E-state index is -0.719. The zero-order valence-electron chi connectivity index (χ0n) is 18.3. The number of halogens is 1. The number of nitrogens with one attached hydrogen (secondary N) is 1. The number of thiazole rings is 1. The van der Waals surface area contributed by atoms with Crippen molar-refractivity contribution >= 4 is 29.2 Å². The second kappa shape index (κ2) is 9.41. The number of carbonyl (C=O) groups excluding carboxylic acids is 1. The van der Waals surface area contributed by atoms with Crippen LogP contribution < -0.4 is 24.9 Å². The number of rotatable bonds is 6. The highest BCUT2D eigenvalue weighted by Gasteiger charge is 2.33. The number of anilines is 1. The summed E-state index contributed by atoms with van der Waals surface area (Å²) in [6.07, 6.45) is 1.56. The normalized spacial score (nSPS) is 15.6. The maximum absolute atomic E-state index is 13.4. The van der Waals surface area contributed by atoms with Gasteiger partial charge in [0, 0.05) is 11.9 Å². The molecule has 0 amide bonds. The van der Waals surface area contributed by atoms with Crippen LogP contribution >= 0.6 is 11.3 Å². The Balaban J connectivity index is 1.87. The largest absolute Gasteiger partial charge is 0.497 e. The number of esters is 1. The Hall–Kier alpha value is -3.72. The lowest BCUT2D eigenvalue weighted by Crippen LogP contribution is -2.40. The standard InChI is InChI=1S/C24H22FN3O4S/c1-4-32-23(30)20-14(2)27-24-28(21(20)15-6-5-7-18(12-15)31-3)22(29)19(33-24)13-26-17-10-8-16(25)9-11-17/h5-13,21,26H,4H2,1-3H3/b19-13-/t21-/m1/s1. The highest BCUT2D eigenvalue weighted by Crippen LogP contribution is 2.32. The quantitative estimate of drug-likeness (QED) is 0.564. The van der Waals surface area contributed by atoms with Crippen molar-refractivity contribution in [2.24, 2.45) is 4.99 Å². The lowest BCUT2D eigenvalue weighted by molar-refractivity contribution is -0.139. The molecule has 2 aromatic carbocycles. The van der Waals surface area contributed by atoms with E-state index in [-0.39, 0.29) is 18.0 Å². The molecule has 9 heteroatoms. The van der Waals surface area contributed by atoms with Gasteiger partial charge in [-0.05, 0) is 55.8 Å². The maximum Gasteiger partial charge on any atom is 0.338 e. The molecule has 4 rings (SSSR count). The van der Waals surface area contributed by atoms with Crippen molar-refractivity contribution in [1.29, 1.82) is 0 Å². The molecular weight excluding hydrogens is 445 g/mol. The SMILES string of the molecule is CCOC(=O)C1=C(C)N=c2s/c(=C\Nc3ccc(F)cc3)c(=O)n2[C@@H]1c1cccc(OC)c1. The first-order valence-electron chi connectivity index (χ1n) is 10.3. The zero-order chi connectivity index (χ0) is 23.5. The summed E-state index contributed by atoms with van der Waals surface area (Å²) < 4.78 is 25.7. The van der Waals surface area contributed by atoms with E-state index in [1.54, 1.807) is 57.5 Å². The average molecular weight is 468 g/mol. The van der Waals surface area contributed by atoms with Gasteiger partial charge in [0.05, 0.1) is 31.0 Å². The van der Waals surface area contributed by atoms with Crippen molar-refractivity contribution in [3.63, 3.8) is 0 Å². The van der Waals surface area contributed by atoms with Gasteiger partial charge >= 0.3 is 5.97 Å². The molecule has 0 bridgehead atoms.